The quantitative estimate of drug-likeness (QED) is 0.541. The molecule has 2 N–H and O–H groups in total. The molecule has 4 rings (SSSR count). The molecule has 0 radical (unpaired) electrons. The number of carbonyl (C=O) groups excluding carboxylic acids is 1. The molecule has 0 saturated heterocycles. The van der Waals surface area contributed by atoms with Crippen molar-refractivity contribution in [2.75, 3.05) is 19.0 Å². The van der Waals surface area contributed by atoms with Crippen LogP contribution in [0.1, 0.15) is 21.5 Å². The maximum absolute atomic E-state index is 13.8. The minimum atomic E-state index is -0.585. The smallest absolute Gasteiger partial charge is 0.251 e. The molecule has 0 unspecified atom stereocenters. The van der Waals surface area contributed by atoms with Crippen LogP contribution in [0.25, 0.3) is 0 Å². The molecule has 3 heterocycles. The Morgan fingerprint density at radius 1 is 1.21 bits per heavy atom. The van der Waals surface area contributed by atoms with Crippen LogP contribution in [0.4, 0.5) is 10.2 Å². The van der Waals surface area contributed by atoms with Gasteiger partial charge in [0, 0.05) is 42.3 Å². The monoisotopic (exact) mass is 447 g/mol. The molecule has 0 fully saturated rings. The van der Waals surface area contributed by atoms with Gasteiger partial charge in [0.25, 0.3) is 5.91 Å². The van der Waals surface area contributed by atoms with Crippen molar-refractivity contribution in [3.63, 3.8) is 0 Å². The average molecular weight is 447 g/mol. The van der Waals surface area contributed by atoms with Crippen LogP contribution in [0.15, 0.2) is 65.6 Å². The van der Waals surface area contributed by atoms with Gasteiger partial charge in [-0.3, -0.25) is 9.79 Å². The van der Waals surface area contributed by atoms with Gasteiger partial charge in [-0.1, -0.05) is 6.07 Å². The Bertz CT molecular complexity index is 1240. The molecular formula is C24H22FN5O3. The van der Waals surface area contributed by atoms with Gasteiger partial charge in [-0.25, -0.2) is 14.4 Å². The van der Waals surface area contributed by atoms with Gasteiger partial charge in [0.2, 0.25) is 5.88 Å². The first-order valence-electron chi connectivity index (χ1n) is 10.2. The summed E-state index contributed by atoms with van der Waals surface area (Å²) in [7, 11) is 1.34. The molecule has 0 atom stereocenters. The summed E-state index contributed by atoms with van der Waals surface area (Å²) in [4.78, 5) is 25.0. The fraction of sp³-hybridized carbons (Fsp3) is 0.167. The van der Waals surface area contributed by atoms with E-state index in [9.17, 15) is 9.18 Å². The number of rotatable bonds is 8. The third-order valence-electron chi connectivity index (χ3n) is 4.92. The van der Waals surface area contributed by atoms with Gasteiger partial charge in [0.1, 0.15) is 17.3 Å². The number of anilines is 1. The maximum atomic E-state index is 13.8. The Labute approximate surface area is 190 Å². The molecule has 1 aliphatic heterocycles. The van der Waals surface area contributed by atoms with Crippen molar-refractivity contribution in [1.82, 2.24) is 15.3 Å². The molecule has 1 aromatic carbocycles. The number of ether oxygens (including phenoxy) is 2. The number of hydrogen-bond donors (Lipinski definition) is 2. The SMILES string of the molecule is COc1ncc(CNC(=O)c2cccc(Oc3ccnc(NC4=CCN=C4)c3)c2C)cc1F. The summed E-state index contributed by atoms with van der Waals surface area (Å²) < 4.78 is 24.7. The minimum absolute atomic E-state index is 0.0895. The van der Waals surface area contributed by atoms with Crippen molar-refractivity contribution in [3.8, 4) is 17.4 Å². The number of amides is 1. The van der Waals surface area contributed by atoms with Crippen LogP contribution in [-0.2, 0) is 6.54 Å². The fourth-order valence-corrected chi connectivity index (χ4v) is 3.22. The number of benzene rings is 1. The van der Waals surface area contributed by atoms with Crippen molar-refractivity contribution in [2.45, 2.75) is 13.5 Å². The van der Waals surface area contributed by atoms with E-state index in [0.29, 0.717) is 40.6 Å². The highest BCUT2D eigenvalue weighted by Gasteiger charge is 2.14. The number of pyridine rings is 2. The molecule has 9 heteroatoms. The van der Waals surface area contributed by atoms with Gasteiger partial charge in [0.15, 0.2) is 5.82 Å². The lowest BCUT2D eigenvalue weighted by atomic mass is 10.1. The molecule has 3 aromatic rings. The molecular weight excluding hydrogens is 425 g/mol. The number of halogens is 1. The molecule has 0 saturated carbocycles. The number of allylic oxidation sites excluding steroid dienone is 1. The number of aliphatic imine (C=N–C) groups is 1. The normalized spacial score (nSPS) is 12.3. The second kappa shape index (κ2) is 9.90. The van der Waals surface area contributed by atoms with E-state index >= 15 is 0 Å². The third-order valence-corrected chi connectivity index (χ3v) is 4.92. The first-order valence-corrected chi connectivity index (χ1v) is 10.2. The summed E-state index contributed by atoms with van der Waals surface area (Å²) in [6, 6.07) is 10.0. The maximum Gasteiger partial charge on any atom is 0.251 e. The summed E-state index contributed by atoms with van der Waals surface area (Å²) in [5.74, 6) is 0.756. The molecule has 8 nitrogen and oxygen atoms in total. The van der Waals surface area contributed by atoms with Crippen molar-refractivity contribution in [1.29, 1.82) is 0 Å². The first-order chi connectivity index (χ1) is 16.0. The lowest BCUT2D eigenvalue weighted by Gasteiger charge is -2.13. The van der Waals surface area contributed by atoms with Crippen LogP contribution in [0.3, 0.4) is 0 Å². The number of hydrogen-bond acceptors (Lipinski definition) is 7. The predicted octanol–water partition coefficient (Wildman–Crippen LogP) is 4.04. The van der Waals surface area contributed by atoms with E-state index in [0.717, 1.165) is 5.70 Å². The second-order valence-electron chi connectivity index (χ2n) is 7.20. The zero-order valence-corrected chi connectivity index (χ0v) is 18.1. The van der Waals surface area contributed by atoms with Crippen LogP contribution in [0, 0.1) is 12.7 Å². The van der Waals surface area contributed by atoms with E-state index in [1.54, 1.807) is 49.7 Å². The lowest BCUT2D eigenvalue weighted by Crippen LogP contribution is -2.23. The standard InChI is InChI=1S/C24H22FN5O3/c1-15-19(23(31)28-12-16-10-20(25)24(32-2)29-13-16)4-3-5-21(15)33-18-7-9-27-22(11-18)30-17-6-8-26-14-17/h3-7,9-11,13-14H,8,12H2,1-2H3,(H,27,30)(H,28,31). The van der Waals surface area contributed by atoms with Crippen LogP contribution >= 0.6 is 0 Å². The van der Waals surface area contributed by atoms with Gasteiger partial charge in [-0.05, 0) is 42.8 Å². The van der Waals surface area contributed by atoms with Gasteiger partial charge >= 0.3 is 0 Å². The summed E-state index contributed by atoms with van der Waals surface area (Å²) in [5.41, 5.74) is 2.52. The Hall–Kier alpha value is -4.27. The fourth-order valence-electron chi connectivity index (χ4n) is 3.22. The molecule has 168 valence electrons. The van der Waals surface area contributed by atoms with Crippen LogP contribution in [0.2, 0.25) is 0 Å². The van der Waals surface area contributed by atoms with E-state index in [1.807, 2.05) is 6.08 Å². The highest BCUT2D eigenvalue weighted by Crippen LogP contribution is 2.28. The Morgan fingerprint density at radius 2 is 2.09 bits per heavy atom. The predicted molar refractivity (Wildman–Crippen MR) is 122 cm³/mol. The topological polar surface area (TPSA) is 97.7 Å². The van der Waals surface area contributed by atoms with Crippen molar-refractivity contribution in [3.05, 3.63) is 83.1 Å². The van der Waals surface area contributed by atoms with E-state index in [1.165, 1.54) is 19.4 Å². The molecule has 1 amide bonds. The van der Waals surface area contributed by atoms with Crippen LogP contribution < -0.4 is 20.1 Å². The Balaban J connectivity index is 1.44. The summed E-state index contributed by atoms with van der Waals surface area (Å²) in [5, 5.41) is 5.95. The zero-order chi connectivity index (χ0) is 23.2. The number of nitrogens with zero attached hydrogens (tertiary/aromatic N) is 3. The first kappa shape index (κ1) is 21.9. The number of aromatic nitrogens is 2. The van der Waals surface area contributed by atoms with Crippen molar-refractivity contribution in [2.24, 2.45) is 4.99 Å². The second-order valence-corrected chi connectivity index (χ2v) is 7.20. The third kappa shape index (κ3) is 5.32. The number of carbonyl (C=O) groups is 1. The summed E-state index contributed by atoms with van der Waals surface area (Å²) >= 11 is 0. The Morgan fingerprint density at radius 3 is 2.85 bits per heavy atom. The van der Waals surface area contributed by atoms with Gasteiger partial charge in [-0.2, -0.15) is 0 Å². The van der Waals surface area contributed by atoms with Crippen LogP contribution in [-0.4, -0.2) is 35.7 Å². The highest BCUT2D eigenvalue weighted by atomic mass is 19.1. The molecule has 2 aromatic heterocycles. The highest BCUT2D eigenvalue weighted by molar-refractivity contribution is 5.96. The van der Waals surface area contributed by atoms with Crippen LogP contribution in [0.5, 0.6) is 17.4 Å². The van der Waals surface area contributed by atoms with Crippen molar-refractivity contribution < 1.29 is 18.7 Å². The van der Waals surface area contributed by atoms with Gasteiger partial charge in [-0.15, -0.1) is 0 Å². The van der Waals surface area contributed by atoms with Gasteiger partial charge in [0.05, 0.1) is 19.4 Å². The molecule has 33 heavy (non-hydrogen) atoms. The molecule has 0 spiro atoms. The summed E-state index contributed by atoms with van der Waals surface area (Å²) in [6.45, 7) is 2.57. The van der Waals surface area contributed by atoms with Gasteiger partial charge < -0.3 is 20.1 Å². The average Bonchev–Trinajstić information content (AvgIpc) is 3.32. The van der Waals surface area contributed by atoms with E-state index in [4.69, 9.17) is 9.47 Å². The largest absolute Gasteiger partial charge is 0.479 e. The molecule has 0 aliphatic carbocycles. The number of methoxy groups -OCH3 is 1. The summed E-state index contributed by atoms with van der Waals surface area (Å²) in [6.07, 6.45) is 6.80. The lowest BCUT2D eigenvalue weighted by molar-refractivity contribution is 0.0950. The Kier molecular flexibility index (Phi) is 6.58. The number of nitrogens with one attached hydrogen (secondary N) is 2. The van der Waals surface area contributed by atoms with Crippen molar-refractivity contribution >= 4 is 17.9 Å². The molecule has 0 bridgehead atoms. The minimum Gasteiger partial charge on any atom is -0.479 e. The van der Waals surface area contributed by atoms with E-state index < -0.39 is 5.82 Å². The van der Waals surface area contributed by atoms with E-state index in [2.05, 4.69) is 25.6 Å². The zero-order valence-electron chi connectivity index (χ0n) is 18.1. The molecule has 1 aliphatic rings. The van der Waals surface area contributed by atoms with E-state index in [-0.39, 0.29) is 18.3 Å².